The summed E-state index contributed by atoms with van der Waals surface area (Å²) in [4.78, 5) is 36.6. The molecule has 1 aromatic heterocycles. The van der Waals surface area contributed by atoms with Crippen molar-refractivity contribution in [2.75, 3.05) is 12.0 Å². The Balaban J connectivity index is 1.27. The van der Waals surface area contributed by atoms with Gasteiger partial charge < -0.3 is 9.47 Å². The Morgan fingerprint density at radius 3 is 2.19 bits per heavy atom. The van der Waals surface area contributed by atoms with Crippen LogP contribution >= 0.6 is 0 Å². The van der Waals surface area contributed by atoms with Gasteiger partial charge in [0.2, 0.25) is 0 Å². The number of aromatic nitrogens is 2. The van der Waals surface area contributed by atoms with Gasteiger partial charge in [0.15, 0.2) is 11.5 Å². The Morgan fingerprint density at radius 1 is 0.722 bits per heavy atom. The van der Waals surface area contributed by atoms with Crippen LogP contribution < -0.4 is 14.4 Å². The third-order valence-corrected chi connectivity index (χ3v) is 6.02. The standard InChI is InChI=1S/C29H19N3O4/c1-35-26-8-4-5-9-27(26)36-20-14-15-21-22(16-20)29(34)32(28(21)33)19-12-10-18(11-13-19)25-17-30-23-6-2-3-7-24(23)31-25/h2-17H,1H3. The van der Waals surface area contributed by atoms with Gasteiger partial charge in [-0.1, -0.05) is 36.4 Å². The topological polar surface area (TPSA) is 81.6 Å². The highest BCUT2D eigenvalue weighted by Gasteiger charge is 2.37. The number of anilines is 1. The number of benzene rings is 4. The predicted octanol–water partition coefficient (Wildman–Crippen LogP) is 5.90. The number of amides is 2. The summed E-state index contributed by atoms with van der Waals surface area (Å²) in [6.45, 7) is 0. The Hall–Kier alpha value is -5.04. The van der Waals surface area contributed by atoms with Gasteiger partial charge in [-0.25, -0.2) is 9.88 Å². The molecule has 2 heterocycles. The minimum Gasteiger partial charge on any atom is -0.493 e. The van der Waals surface area contributed by atoms with Gasteiger partial charge in [0, 0.05) is 5.56 Å². The number of carbonyl (C=O) groups excluding carboxylic acids is 2. The van der Waals surface area contributed by atoms with Crippen LogP contribution in [0, 0.1) is 0 Å². The second kappa shape index (κ2) is 8.63. The fraction of sp³-hybridized carbons (Fsp3) is 0.0345. The first-order valence-corrected chi connectivity index (χ1v) is 11.3. The molecule has 0 unspecified atom stereocenters. The molecule has 4 aromatic carbocycles. The summed E-state index contributed by atoms with van der Waals surface area (Å²) < 4.78 is 11.2. The number of hydrogen-bond acceptors (Lipinski definition) is 6. The summed E-state index contributed by atoms with van der Waals surface area (Å²) in [5.74, 6) is 0.737. The van der Waals surface area contributed by atoms with E-state index in [1.165, 1.54) is 4.90 Å². The molecule has 5 aromatic rings. The van der Waals surface area contributed by atoms with Crippen LogP contribution in [0.5, 0.6) is 17.2 Å². The van der Waals surface area contributed by atoms with E-state index in [2.05, 4.69) is 9.97 Å². The summed E-state index contributed by atoms with van der Waals surface area (Å²) in [5, 5.41) is 0. The molecule has 0 bridgehead atoms. The first kappa shape index (κ1) is 21.5. The fourth-order valence-electron chi connectivity index (χ4n) is 4.23. The molecule has 36 heavy (non-hydrogen) atoms. The fourth-order valence-corrected chi connectivity index (χ4v) is 4.23. The first-order valence-electron chi connectivity index (χ1n) is 11.3. The van der Waals surface area contributed by atoms with Crippen molar-refractivity contribution in [3.63, 3.8) is 0 Å². The van der Waals surface area contributed by atoms with Crippen molar-refractivity contribution in [1.82, 2.24) is 9.97 Å². The third-order valence-electron chi connectivity index (χ3n) is 6.02. The van der Waals surface area contributed by atoms with Crippen LogP contribution in [-0.2, 0) is 0 Å². The van der Waals surface area contributed by atoms with E-state index in [1.807, 2.05) is 48.5 Å². The molecule has 7 nitrogen and oxygen atoms in total. The molecule has 0 atom stereocenters. The quantitative estimate of drug-likeness (QED) is 0.296. The molecule has 6 rings (SSSR count). The van der Waals surface area contributed by atoms with Gasteiger partial charge in [-0.2, -0.15) is 0 Å². The Morgan fingerprint density at radius 2 is 1.42 bits per heavy atom. The normalized spacial score (nSPS) is 12.6. The lowest BCUT2D eigenvalue weighted by Gasteiger charge is -2.14. The Bertz CT molecular complexity index is 1650. The zero-order chi connectivity index (χ0) is 24.6. The zero-order valence-electron chi connectivity index (χ0n) is 19.2. The number of rotatable bonds is 5. The lowest BCUT2D eigenvalue weighted by molar-refractivity contribution is 0.0926. The van der Waals surface area contributed by atoms with Crippen molar-refractivity contribution in [1.29, 1.82) is 0 Å². The lowest BCUT2D eigenvalue weighted by atomic mass is 10.1. The third kappa shape index (κ3) is 3.63. The summed E-state index contributed by atoms with van der Waals surface area (Å²) in [5.41, 5.74) is 4.25. The highest BCUT2D eigenvalue weighted by molar-refractivity contribution is 6.34. The van der Waals surface area contributed by atoms with Crippen molar-refractivity contribution in [3.8, 4) is 28.5 Å². The number of carbonyl (C=O) groups is 2. The van der Waals surface area contributed by atoms with Crippen LogP contribution in [0.4, 0.5) is 5.69 Å². The van der Waals surface area contributed by atoms with E-state index in [0.717, 1.165) is 16.6 Å². The van der Waals surface area contributed by atoms with Crippen LogP contribution in [0.25, 0.3) is 22.3 Å². The molecule has 1 aliphatic rings. The average molecular weight is 473 g/mol. The molecule has 174 valence electrons. The maximum absolute atomic E-state index is 13.2. The van der Waals surface area contributed by atoms with Gasteiger partial charge in [-0.15, -0.1) is 0 Å². The average Bonchev–Trinajstić information content (AvgIpc) is 3.17. The van der Waals surface area contributed by atoms with E-state index in [9.17, 15) is 9.59 Å². The first-order chi connectivity index (χ1) is 17.6. The zero-order valence-corrected chi connectivity index (χ0v) is 19.2. The molecule has 0 saturated heterocycles. The maximum atomic E-state index is 13.2. The van der Waals surface area contributed by atoms with E-state index in [0.29, 0.717) is 34.2 Å². The van der Waals surface area contributed by atoms with Gasteiger partial charge in [0.05, 0.1) is 46.8 Å². The Kier molecular flexibility index (Phi) is 5.15. The molecule has 2 amide bonds. The molecular formula is C29H19N3O4. The van der Waals surface area contributed by atoms with Gasteiger partial charge in [0.1, 0.15) is 5.75 Å². The second-order valence-electron chi connectivity index (χ2n) is 8.20. The number of ether oxygens (including phenoxy) is 2. The highest BCUT2D eigenvalue weighted by atomic mass is 16.5. The summed E-state index contributed by atoms with van der Waals surface area (Å²) >= 11 is 0. The van der Waals surface area contributed by atoms with E-state index in [1.54, 1.807) is 55.8 Å². The molecular weight excluding hydrogens is 454 g/mol. The maximum Gasteiger partial charge on any atom is 0.266 e. The van der Waals surface area contributed by atoms with Crippen LogP contribution in [0.2, 0.25) is 0 Å². The molecule has 0 saturated carbocycles. The summed E-state index contributed by atoms with van der Waals surface area (Å²) in [6.07, 6.45) is 1.71. The van der Waals surface area contributed by atoms with Crippen LogP contribution in [-0.4, -0.2) is 28.9 Å². The van der Waals surface area contributed by atoms with Gasteiger partial charge in [0.25, 0.3) is 11.8 Å². The molecule has 0 fully saturated rings. The molecule has 0 spiro atoms. The van der Waals surface area contributed by atoms with Crippen molar-refractivity contribution in [2.45, 2.75) is 0 Å². The van der Waals surface area contributed by atoms with Crippen LogP contribution in [0.3, 0.4) is 0 Å². The second-order valence-corrected chi connectivity index (χ2v) is 8.20. The predicted molar refractivity (Wildman–Crippen MR) is 136 cm³/mol. The number of nitrogens with zero attached hydrogens (tertiary/aromatic N) is 3. The van der Waals surface area contributed by atoms with Crippen LogP contribution in [0.1, 0.15) is 20.7 Å². The van der Waals surface area contributed by atoms with Crippen molar-refractivity contribution in [3.05, 3.63) is 108 Å². The summed E-state index contributed by atoms with van der Waals surface area (Å²) in [6, 6.07) is 26.9. The Labute approximate surface area is 206 Å². The van der Waals surface area contributed by atoms with Gasteiger partial charge in [-0.05, 0) is 54.6 Å². The number of fused-ring (bicyclic) bond motifs is 2. The minimum absolute atomic E-state index is 0.289. The number of hydrogen-bond donors (Lipinski definition) is 0. The SMILES string of the molecule is COc1ccccc1Oc1ccc2c(c1)C(=O)N(c1ccc(-c3cnc4ccccc4n3)cc1)C2=O. The van der Waals surface area contributed by atoms with Gasteiger partial charge >= 0.3 is 0 Å². The minimum atomic E-state index is -0.404. The smallest absolute Gasteiger partial charge is 0.266 e. The monoisotopic (exact) mass is 473 g/mol. The van der Waals surface area contributed by atoms with E-state index in [4.69, 9.17) is 9.47 Å². The number of methoxy groups -OCH3 is 1. The van der Waals surface area contributed by atoms with E-state index in [-0.39, 0.29) is 11.5 Å². The lowest BCUT2D eigenvalue weighted by Crippen LogP contribution is -2.29. The van der Waals surface area contributed by atoms with Crippen LogP contribution in [0.15, 0.2) is 97.2 Å². The number of para-hydroxylation sites is 4. The number of imide groups is 1. The largest absolute Gasteiger partial charge is 0.493 e. The van der Waals surface area contributed by atoms with Crippen molar-refractivity contribution in [2.24, 2.45) is 0 Å². The van der Waals surface area contributed by atoms with E-state index < -0.39 is 5.91 Å². The molecule has 0 radical (unpaired) electrons. The van der Waals surface area contributed by atoms with Crippen molar-refractivity contribution < 1.29 is 19.1 Å². The molecule has 0 N–H and O–H groups in total. The highest BCUT2D eigenvalue weighted by Crippen LogP contribution is 2.35. The van der Waals surface area contributed by atoms with Gasteiger partial charge in [-0.3, -0.25) is 14.6 Å². The molecule has 0 aliphatic carbocycles. The van der Waals surface area contributed by atoms with E-state index >= 15 is 0 Å². The molecule has 7 heteroatoms. The summed E-state index contributed by atoms with van der Waals surface area (Å²) in [7, 11) is 1.56. The molecule has 1 aliphatic heterocycles. The van der Waals surface area contributed by atoms with Crippen molar-refractivity contribution >= 4 is 28.5 Å².